The number of phenols is 1. The van der Waals surface area contributed by atoms with E-state index in [4.69, 9.17) is 4.74 Å². The molecule has 1 saturated heterocycles. The first kappa shape index (κ1) is 28.6. The lowest BCUT2D eigenvalue weighted by Gasteiger charge is -2.14. The first-order chi connectivity index (χ1) is 18.0. The molecule has 0 aliphatic carbocycles. The van der Waals surface area contributed by atoms with Gasteiger partial charge in [0.1, 0.15) is 12.3 Å². The summed E-state index contributed by atoms with van der Waals surface area (Å²) >= 11 is 0. The van der Waals surface area contributed by atoms with Crippen LogP contribution in [-0.4, -0.2) is 60.1 Å². The zero-order chi connectivity index (χ0) is 26.5. The fourth-order valence-electron chi connectivity index (χ4n) is 4.27. The molecule has 1 aliphatic rings. The fourth-order valence-corrected chi connectivity index (χ4v) is 4.27. The number of aryl methyl sites for hydroxylation is 1. The molecule has 1 fully saturated rings. The zero-order valence-electron chi connectivity index (χ0n) is 21.3. The molecule has 0 saturated carbocycles. The van der Waals surface area contributed by atoms with Gasteiger partial charge in [-0.3, -0.25) is 15.0 Å². The van der Waals surface area contributed by atoms with Crippen molar-refractivity contribution in [2.45, 2.75) is 57.7 Å². The first-order valence-electron chi connectivity index (χ1n) is 13.1. The number of carbonyl (C=O) groups is 2. The zero-order valence-corrected chi connectivity index (χ0v) is 21.3. The number of ether oxygens (including phenoxy) is 1. The summed E-state index contributed by atoms with van der Waals surface area (Å²) in [5, 5.41) is 34.7. The number of carbonyl (C=O) groups excluding carboxylic acids is 2. The standard InChI is InChI=1S/C28H39N3O6/c32-20-23-17-22(11-12-25(23)33)26(34)18-29-13-4-1-2-5-14-37-15-6-3-8-21-9-7-10-24(16-21)31-19-27(35)30-28(31)36/h7,9-12,16-17,26,29,32-34H,1-6,8,13-15,18-20H2,(H,30,35,36)/t26-/m1/s1. The Labute approximate surface area is 218 Å². The van der Waals surface area contributed by atoms with E-state index in [-0.39, 0.29) is 30.8 Å². The summed E-state index contributed by atoms with van der Waals surface area (Å²) < 4.78 is 5.75. The lowest BCUT2D eigenvalue weighted by atomic mass is 10.1. The van der Waals surface area contributed by atoms with E-state index in [1.54, 1.807) is 12.1 Å². The fraction of sp³-hybridized carbons (Fsp3) is 0.500. The Morgan fingerprint density at radius 2 is 1.78 bits per heavy atom. The molecule has 0 bridgehead atoms. The molecule has 2 aromatic carbocycles. The SMILES string of the molecule is O=C1CN(c2cccc(CCCCOCCCCCCNC[C@@H](O)c3ccc(O)c(CO)c3)c2)C(=O)N1. The molecule has 9 nitrogen and oxygen atoms in total. The maximum Gasteiger partial charge on any atom is 0.329 e. The van der Waals surface area contributed by atoms with Gasteiger partial charge < -0.3 is 25.4 Å². The monoisotopic (exact) mass is 513 g/mol. The van der Waals surface area contributed by atoms with Gasteiger partial charge in [-0.15, -0.1) is 0 Å². The molecule has 3 rings (SSSR count). The van der Waals surface area contributed by atoms with Crippen molar-refractivity contribution in [1.82, 2.24) is 10.6 Å². The highest BCUT2D eigenvalue weighted by molar-refractivity contribution is 6.12. The lowest BCUT2D eigenvalue weighted by Crippen LogP contribution is -2.27. The van der Waals surface area contributed by atoms with Crippen LogP contribution in [0.25, 0.3) is 0 Å². The van der Waals surface area contributed by atoms with Crippen LogP contribution in [0.4, 0.5) is 10.5 Å². The number of hydrogen-bond acceptors (Lipinski definition) is 7. The average molecular weight is 514 g/mol. The number of hydrogen-bond donors (Lipinski definition) is 5. The third-order valence-electron chi connectivity index (χ3n) is 6.41. The minimum atomic E-state index is -0.680. The normalized spacial score (nSPS) is 14.3. The minimum absolute atomic E-state index is 0.0345. The van der Waals surface area contributed by atoms with E-state index in [1.807, 2.05) is 24.3 Å². The van der Waals surface area contributed by atoms with Crippen LogP contribution in [0.2, 0.25) is 0 Å². The maximum atomic E-state index is 11.8. The maximum absolute atomic E-state index is 11.8. The van der Waals surface area contributed by atoms with Crippen molar-refractivity contribution in [2.24, 2.45) is 0 Å². The van der Waals surface area contributed by atoms with Crippen LogP contribution in [0.1, 0.15) is 61.3 Å². The van der Waals surface area contributed by atoms with E-state index in [9.17, 15) is 24.9 Å². The number of aromatic hydroxyl groups is 1. The van der Waals surface area contributed by atoms with E-state index >= 15 is 0 Å². The number of aliphatic hydroxyl groups is 2. The van der Waals surface area contributed by atoms with Crippen LogP contribution in [-0.2, 0) is 22.6 Å². The second-order valence-corrected chi connectivity index (χ2v) is 9.36. The molecule has 5 N–H and O–H groups in total. The summed E-state index contributed by atoms with van der Waals surface area (Å²) in [5.74, 6) is -0.239. The number of nitrogens with one attached hydrogen (secondary N) is 2. The molecule has 2 aromatic rings. The summed E-state index contributed by atoms with van der Waals surface area (Å²) in [4.78, 5) is 24.7. The van der Waals surface area contributed by atoms with Gasteiger partial charge in [-0.05, 0) is 74.0 Å². The van der Waals surface area contributed by atoms with Gasteiger partial charge in [0.2, 0.25) is 5.91 Å². The number of amides is 3. The molecule has 1 heterocycles. The van der Waals surface area contributed by atoms with Gasteiger partial charge in [-0.1, -0.05) is 31.0 Å². The molecule has 1 aliphatic heterocycles. The Balaban J connectivity index is 1.15. The molecular weight excluding hydrogens is 474 g/mol. The first-order valence-corrected chi connectivity index (χ1v) is 13.1. The largest absolute Gasteiger partial charge is 0.508 e. The smallest absolute Gasteiger partial charge is 0.329 e. The number of benzene rings is 2. The van der Waals surface area contributed by atoms with Crippen molar-refractivity contribution in [3.8, 4) is 5.75 Å². The van der Waals surface area contributed by atoms with Gasteiger partial charge >= 0.3 is 6.03 Å². The van der Waals surface area contributed by atoms with Crippen molar-refractivity contribution in [3.63, 3.8) is 0 Å². The van der Waals surface area contributed by atoms with Crippen molar-refractivity contribution in [2.75, 3.05) is 37.7 Å². The second kappa shape index (κ2) is 15.3. The Kier molecular flexibility index (Phi) is 11.8. The van der Waals surface area contributed by atoms with E-state index in [0.29, 0.717) is 17.7 Å². The van der Waals surface area contributed by atoms with Crippen molar-refractivity contribution < 1.29 is 29.6 Å². The minimum Gasteiger partial charge on any atom is -0.508 e. The number of nitrogens with zero attached hydrogens (tertiary/aromatic N) is 1. The summed E-state index contributed by atoms with van der Waals surface area (Å²) in [5.41, 5.74) is 2.98. The van der Waals surface area contributed by atoms with Crippen LogP contribution in [0, 0.1) is 0 Å². The number of anilines is 1. The van der Waals surface area contributed by atoms with Gasteiger partial charge in [0.25, 0.3) is 0 Å². The summed E-state index contributed by atoms with van der Waals surface area (Å²) in [7, 11) is 0. The van der Waals surface area contributed by atoms with Crippen molar-refractivity contribution in [3.05, 3.63) is 59.2 Å². The number of unbranched alkanes of at least 4 members (excludes halogenated alkanes) is 4. The van der Waals surface area contributed by atoms with E-state index < -0.39 is 6.10 Å². The van der Waals surface area contributed by atoms with Gasteiger partial charge in [-0.2, -0.15) is 0 Å². The Morgan fingerprint density at radius 3 is 2.54 bits per heavy atom. The number of rotatable bonds is 17. The Morgan fingerprint density at radius 1 is 1.00 bits per heavy atom. The number of imide groups is 1. The third-order valence-corrected chi connectivity index (χ3v) is 6.41. The Bertz CT molecular complexity index is 1020. The predicted molar refractivity (Wildman–Crippen MR) is 141 cm³/mol. The Hall–Kier alpha value is -2.98. The molecule has 202 valence electrons. The van der Waals surface area contributed by atoms with Crippen molar-refractivity contribution in [1.29, 1.82) is 0 Å². The van der Waals surface area contributed by atoms with Gasteiger partial charge in [0.05, 0.1) is 12.7 Å². The van der Waals surface area contributed by atoms with Crippen LogP contribution in [0.15, 0.2) is 42.5 Å². The van der Waals surface area contributed by atoms with E-state index in [0.717, 1.165) is 76.0 Å². The molecule has 0 aromatic heterocycles. The molecule has 0 radical (unpaired) electrons. The highest BCUT2D eigenvalue weighted by atomic mass is 16.5. The van der Waals surface area contributed by atoms with Crippen LogP contribution < -0.4 is 15.5 Å². The lowest BCUT2D eigenvalue weighted by molar-refractivity contribution is -0.117. The van der Waals surface area contributed by atoms with Crippen LogP contribution >= 0.6 is 0 Å². The highest BCUT2D eigenvalue weighted by Gasteiger charge is 2.27. The topological polar surface area (TPSA) is 131 Å². The predicted octanol–water partition coefficient (Wildman–Crippen LogP) is 3.16. The molecule has 0 spiro atoms. The van der Waals surface area contributed by atoms with Crippen LogP contribution in [0.5, 0.6) is 5.75 Å². The molecule has 9 heteroatoms. The van der Waals surface area contributed by atoms with E-state index in [1.165, 1.54) is 11.0 Å². The van der Waals surface area contributed by atoms with Gasteiger partial charge in [0, 0.05) is 31.0 Å². The molecule has 1 atom stereocenters. The van der Waals surface area contributed by atoms with E-state index in [2.05, 4.69) is 10.6 Å². The molecule has 3 amide bonds. The summed E-state index contributed by atoms with van der Waals surface area (Å²) in [6, 6.07) is 12.2. The van der Waals surface area contributed by atoms with Gasteiger partial charge in [0.15, 0.2) is 0 Å². The number of urea groups is 1. The summed E-state index contributed by atoms with van der Waals surface area (Å²) in [6.07, 6.45) is 6.43. The molecule has 0 unspecified atom stereocenters. The summed E-state index contributed by atoms with van der Waals surface area (Å²) in [6.45, 7) is 2.55. The van der Waals surface area contributed by atoms with Crippen LogP contribution in [0.3, 0.4) is 0 Å². The highest BCUT2D eigenvalue weighted by Crippen LogP contribution is 2.22. The van der Waals surface area contributed by atoms with Gasteiger partial charge in [-0.25, -0.2) is 4.79 Å². The quantitative estimate of drug-likeness (QED) is 0.162. The average Bonchev–Trinajstić information content (AvgIpc) is 3.24. The third kappa shape index (κ3) is 9.44. The van der Waals surface area contributed by atoms with Crippen molar-refractivity contribution >= 4 is 17.6 Å². The number of aliphatic hydroxyl groups excluding tert-OH is 2. The second-order valence-electron chi connectivity index (χ2n) is 9.36. The molecular formula is C28H39N3O6. The molecule has 37 heavy (non-hydrogen) atoms.